The number of Topliss-reactive ketones (excluding diaryl/α,β-unsaturated/α-hetero) is 1. The molecule has 2 aromatic rings. The number of amides is 4. The lowest BCUT2D eigenvalue weighted by Gasteiger charge is -2.24. The van der Waals surface area contributed by atoms with E-state index in [4.69, 9.17) is 0 Å². The fourth-order valence-electron chi connectivity index (χ4n) is 3.57. The second-order valence-corrected chi connectivity index (χ2v) is 6.84. The minimum absolute atomic E-state index is 0.185. The van der Waals surface area contributed by atoms with E-state index >= 15 is 0 Å². The third-order valence-electron chi connectivity index (χ3n) is 5.14. The van der Waals surface area contributed by atoms with Gasteiger partial charge in [0.2, 0.25) is 0 Å². The number of rotatable bonds is 5. The monoisotopic (exact) mass is 376 g/mol. The molecule has 2 aromatic carbocycles. The number of carbonyl (C=O) groups excluding carboxylic acids is 5. The Kier molecular flexibility index (Phi) is 4.15. The van der Waals surface area contributed by atoms with Gasteiger partial charge in [-0.05, 0) is 31.2 Å². The van der Waals surface area contributed by atoms with E-state index in [1.165, 1.54) is 6.92 Å². The van der Waals surface area contributed by atoms with Crippen molar-refractivity contribution in [2.45, 2.75) is 6.92 Å². The third kappa shape index (κ3) is 2.63. The largest absolute Gasteiger partial charge is 0.300 e. The van der Waals surface area contributed by atoms with Crippen LogP contribution in [0.2, 0.25) is 0 Å². The van der Waals surface area contributed by atoms with Gasteiger partial charge in [0, 0.05) is 13.1 Å². The summed E-state index contributed by atoms with van der Waals surface area (Å²) in [5, 5.41) is 0. The molecule has 0 N–H and O–H groups in total. The molecule has 0 unspecified atom stereocenters. The van der Waals surface area contributed by atoms with Gasteiger partial charge in [-0.1, -0.05) is 24.3 Å². The molecule has 2 aliphatic heterocycles. The van der Waals surface area contributed by atoms with Gasteiger partial charge in [-0.15, -0.1) is 0 Å². The molecule has 0 bridgehead atoms. The molecule has 0 saturated heterocycles. The SMILES string of the molecule is CC(=O)C(CN1C(=O)c2ccccc2C1=O)CN1C(=O)c2ccccc2C1=O. The van der Waals surface area contributed by atoms with Crippen LogP contribution >= 0.6 is 0 Å². The molecule has 28 heavy (non-hydrogen) atoms. The maximum Gasteiger partial charge on any atom is 0.261 e. The number of imide groups is 2. The van der Waals surface area contributed by atoms with Crippen molar-refractivity contribution in [2.24, 2.45) is 5.92 Å². The fraction of sp³-hybridized carbons (Fsp3) is 0.190. The van der Waals surface area contributed by atoms with Crippen LogP contribution in [0.1, 0.15) is 48.4 Å². The first-order chi connectivity index (χ1) is 13.4. The van der Waals surface area contributed by atoms with Crippen LogP contribution in [-0.2, 0) is 4.79 Å². The molecule has 7 nitrogen and oxygen atoms in total. The van der Waals surface area contributed by atoms with Gasteiger partial charge in [0.05, 0.1) is 28.2 Å². The highest BCUT2D eigenvalue weighted by Gasteiger charge is 2.41. The number of fused-ring (bicyclic) bond motifs is 2. The van der Waals surface area contributed by atoms with Crippen LogP contribution in [-0.4, -0.2) is 52.3 Å². The number of hydrogen-bond donors (Lipinski definition) is 0. The molecule has 0 fully saturated rings. The summed E-state index contributed by atoms with van der Waals surface area (Å²) < 4.78 is 0. The van der Waals surface area contributed by atoms with Crippen molar-refractivity contribution in [2.75, 3.05) is 13.1 Å². The zero-order valence-electron chi connectivity index (χ0n) is 15.0. The lowest BCUT2D eigenvalue weighted by molar-refractivity contribution is -0.121. The van der Waals surface area contributed by atoms with E-state index in [2.05, 4.69) is 0 Å². The van der Waals surface area contributed by atoms with E-state index in [0.717, 1.165) is 9.80 Å². The van der Waals surface area contributed by atoms with E-state index in [1.54, 1.807) is 48.5 Å². The Hall–Kier alpha value is -3.61. The number of hydrogen-bond acceptors (Lipinski definition) is 5. The van der Waals surface area contributed by atoms with Crippen molar-refractivity contribution in [1.82, 2.24) is 9.80 Å². The van der Waals surface area contributed by atoms with Crippen LogP contribution < -0.4 is 0 Å². The van der Waals surface area contributed by atoms with Crippen LogP contribution in [0.25, 0.3) is 0 Å². The Balaban J connectivity index is 1.56. The number of benzene rings is 2. The molecule has 0 atom stereocenters. The Morgan fingerprint density at radius 3 is 1.21 bits per heavy atom. The molecule has 0 radical (unpaired) electrons. The van der Waals surface area contributed by atoms with Crippen molar-refractivity contribution in [1.29, 1.82) is 0 Å². The van der Waals surface area contributed by atoms with Gasteiger partial charge in [0.25, 0.3) is 23.6 Å². The summed E-state index contributed by atoms with van der Waals surface area (Å²) in [4.78, 5) is 64.4. The summed E-state index contributed by atoms with van der Waals surface area (Å²) in [5.41, 5.74) is 1.15. The van der Waals surface area contributed by atoms with Gasteiger partial charge in [0.15, 0.2) is 0 Å². The van der Waals surface area contributed by atoms with E-state index in [-0.39, 0.29) is 41.1 Å². The van der Waals surface area contributed by atoms with Crippen LogP contribution in [0.5, 0.6) is 0 Å². The van der Waals surface area contributed by atoms with Gasteiger partial charge in [-0.2, -0.15) is 0 Å². The maximum atomic E-state index is 12.6. The molecule has 0 aromatic heterocycles. The summed E-state index contributed by atoms with van der Waals surface area (Å²) in [7, 11) is 0. The molecular formula is C21H16N2O5. The van der Waals surface area contributed by atoms with Crippen LogP contribution in [0.4, 0.5) is 0 Å². The highest BCUT2D eigenvalue weighted by atomic mass is 16.2. The smallest absolute Gasteiger partial charge is 0.261 e. The quantitative estimate of drug-likeness (QED) is 0.742. The molecule has 2 heterocycles. The van der Waals surface area contributed by atoms with E-state index < -0.39 is 29.5 Å². The zero-order chi connectivity index (χ0) is 20.0. The first kappa shape index (κ1) is 17.8. The van der Waals surface area contributed by atoms with Gasteiger partial charge in [-0.3, -0.25) is 33.8 Å². The molecule has 140 valence electrons. The lowest BCUT2D eigenvalue weighted by Crippen LogP contribution is -2.43. The fourth-order valence-corrected chi connectivity index (χ4v) is 3.57. The Morgan fingerprint density at radius 2 is 0.964 bits per heavy atom. The number of nitrogens with zero attached hydrogens (tertiary/aromatic N) is 2. The summed E-state index contributed by atoms with van der Waals surface area (Å²) in [5.74, 6) is -3.08. The predicted molar refractivity (Wildman–Crippen MR) is 97.8 cm³/mol. The van der Waals surface area contributed by atoms with Gasteiger partial charge in [-0.25, -0.2) is 0 Å². The minimum atomic E-state index is -0.857. The van der Waals surface area contributed by atoms with Crippen LogP contribution in [0.15, 0.2) is 48.5 Å². The molecular weight excluding hydrogens is 360 g/mol. The first-order valence-corrected chi connectivity index (χ1v) is 8.81. The average molecular weight is 376 g/mol. The molecule has 7 heteroatoms. The normalized spacial score (nSPS) is 15.5. The number of carbonyl (C=O) groups is 5. The van der Waals surface area contributed by atoms with Crippen molar-refractivity contribution < 1.29 is 24.0 Å². The second-order valence-electron chi connectivity index (χ2n) is 6.84. The summed E-state index contributed by atoms with van der Waals surface area (Å²) in [6.45, 7) is 0.950. The first-order valence-electron chi connectivity index (χ1n) is 8.81. The minimum Gasteiger partial charge on any atom is -0.300 e. The van der Waals surface area contributed by atoms with Gasteiger partial charge < -0.3 is 0 Å². The topological polar surface area (TPSA) is 91.8 Å². The molecule has 0 aliphatic carbocycles. The van der Waals surface area contributed by atoms with Crippen molar-refractivity contribution >= 4 is 29.4 Å². The molecule has 4 rings (SSSR count). The van der Waals surface area contributed by atoms with E-state index in [9.17, 15) is 24.0 Å². The summed E-state index contributed by atoms with van der Waals surface area (Å²) in [6.07, 6.45) is 0. The van der Waals surface area contributed by atoms with Crippen molar-refractivity contribution in [3.05, 3.63) is 70.8 Å². The lowest BCUT2D eigenvalue weighted by atomic mass is 10.0. The van der Waals surface area contributed by atoms with Gasteiger partial charge in [0.1, 0.15) is 5.78 Å². The third-order valence-corrected chi connectivity index (χ3v) is 5.14. The predicted octanol–water partition coefficient (Wildman–Crippen LogP) is 1.78. The highest BCUT2D eigenvalue weighted by Crippen LogP contribution is 2.26. The van der Waals surface area contributed by atoms with E-state index in [1.807, 2.05) is 0 Å². The molecule has 0 spiro atoms. The maximum absolute atomic E-state index is 12.6. The second kappa shape index (κ2) is 6.53. The zero-order valence-corrected chi connectivity index (χ0v) is 15.0. The van der Waals surface area contributed by atoms with Crippen molar-refractivity contribution in [3.8, 4) is 0 Å². The van der Waals surface area contributed by atoms with Crippen LogP contribution in [0, 0.1) is 5.92 Å². The number of ketones is 1. The van der Waals surface area contributed by atoms with Crippen LogP contribution in [0.3, 0.4) is 0 Å². The summed E-state index contributed by atoms with van der Waals surface area (Å²) >= 11 is 0. The molecule has 2 aliphatic rings. The molecule has 0 saturated carbocycles. The molecule has 4 amide bonds. The average Bonchev–Trinajstić information content (AvgIpc) is 3.08. The Morgan fingerprint density at radius 1 is 0.679 bits per heavy atom. The standard InChI is InChI=1S/C21H16N2O5/c1-12(24)13(10-22-18(25)14-6-2-3-7-15(14)19(22)26)11-23-20(27)16-8-4-5-9-17(16)21(23)28/h2-9,13H,10-11H2,1H3. The summed E-state index contributed by atoms with van der Waals surface area (Å²) in [6, 6.07) is 12.9. The van der Waals surface area contributed by atoms with Gasteiger partial charge >= 0.3 is 0 Å². The highest BCUT2D eigenvalue weighted by molar-refractivity contribution is 6.22. The Labute approximate surface area is 160 Å². The van der Waals surface area contributed by atoms with E-state index in [0.29, 0.717) is 0 Å². The van der Waals surface area contributed by atoms with Crippen molar-refractivity contribution in [3.63, 3.8) is 0 Å². The Bertz CT molecular complexity index is 911.